The van der Waals surface area contributed by atoms with Crippen LogP contribution in [-0.2, 0) is 10.0 Å². The number of pyridine rings is 1. The third kappa shape index (κ3) is 3.81. The Morgan fingerprint density at radius 2 is 1.76 bits per heavy atom. The fourth-order valence-electron chi connectivity index (χ4n) is 4.09. The van der Waals surface area contributed by atoms with Crippen molar-refractivity contribution in [3.05, 3.63) is 89.4 Å². The molecule has 3 heterocycles. The molecule has 0 amide bonds. The number of benzene rings is 2. The molecule has 5 nitrogen and oxygen atoms in total. The second-order valence-corrected chi connectivity index (χ2v) is 11.0. The summed E-state index contributed by atoms with van der Waals surface area (Å²) >= 11 is 6.25. The average Bonchev–Trinajstić information content (AvgIpc) is 3.52. The van der Waals surface area contributed by atoms with E-state index in [0.29, 0.717) is 12.2 Å². The van der Waals surface area contributed by atoms with Crippen molar-refractivity contribution < 1.29 is 8.42 Å². The Morgan fingerprint density at radius 3 is 2.47 bits per heavy atom. The van der Waals surface area contributed by atoms with Crippen LogP contribution >= 0.6 is 24.2 Å². The molecule has 0 aliphatic rings. The van der Waals surface area contributed by atoms with Crippen molar-refractivity contribution in [1.29, 1.82) is 0 Å². The molecule has 0 saturated carbocycles. The summed E-state index contributed by atoms with van der Waals surface area (Å²) in [6.07, 6.45) is 3.36. The number of hydrogen-bond donors (Lipinski definition) is 1. The largest absolute Gasteiger partial charge is 0.318 e. The summed E-state index contributed by atoms with van der Waals surface area (Å²) in [4.78, 5) is 4.78. The monoisotopic (exact) mass is 505 g/mol. The van der Waals surface area contributed by atoms with Gasteiger partial charge in [-0.05, 0) is 66.1 Å². The van der Waals surface area contributed by atoms with Gasteiger partial charge >= 0.3 is 0 Å². The quantitative estimate of drug-likeness (QED) is 0.263. The van der Waals surface area contributed by atoms with Crippen LogP contribution in [0.25, 0.3) is 33.3 Å². The van der Waals surface area contributed by atoms with Gasteiger partial charge in [-0.3, -0.25) is 0 Å². The van der Waals surface area contributed by atoms with E-state index in [-0.39, 0.29) is 4.90 Å². The van der Waals surface area contributed by atoms with Crippen molar-refractivity contribution in [2.24, 2.45) is 0 Å². The first-order chi connectivity index (χ1) is 16.4. The normalized spacial score (nSPS) is 11.7. The van der Waals surface area contributed by atoms with Gasteiger partial charge in [-0.1, -0.05) is 48.7 Å². The fraction of sp³-hybridized carbons (Fsp3) is 0.115. The lowest BCUT2D eigenvalue weighted by molar-refractivity contribution is 0.589. The highest BCUT2D eigenvalue weighted by atomic mass is 32.2. The highest BCUT2D eigenvalue weighted by Crippen LogP contribution is 2.42. The Morgan fingerprint density at radius 1 is 1.00 bits per heavy atom. The fourth-order valence-corrected chi connectivity index (χ4v) is 6.24. The third-order valence-electron chi connectivity index (χ3n) is 5.84. The summed E-state index contributed by atoms with van der Waals surface area (Å²) in [5, 5.41) is 4.87. The summed E-state index contributed by atoms with van der Waals surface area (Å²) in [7, 11) is -3.87. The molecule has 0 radical (unpaired) electrons. The smallest absolute Gasteiger partial charge is 0.269 e. The lowest BCUT2D eigenvalue weighted by Gasteiger charge is -2.19. The van der Waals surface area contributed by atoms with Gasteiger partial charge in [0.25, 0.3) is 10.0 Å². The van der Waals surface area contributed by atoms with E-state index >= 15 is 0 Å². The minimum absolute atomic E-state index is 0.224. The van der Waals surface area contributed by atoms with Gasteiger partial charge in [0.2, 0.25) is 0 Å². The Balaban J connectivity index is 1.86. The molecule has 0 unspecified atom stereocenters. The highest BCUT2D eigenvalue weighted by Gasteiger charge is 2.26. The van der Waals surface area contributed by atoms with E-state index in [4.69, 9.17) is 0 Å². The zero-order valence-electron chi connectivity index (χ0n) is 18.7. The SMILES string of the molecule is CCN(S)c1ccccc1-c1cn(S(=O)(=O)c2ccc(C)cc2)c2nccc(-c3ccsc3)c12. The maximum atomic E-state index is 13.8. The van der Waals surface area contributed by atoms with Crippen LogP contribution < -0.4 is 4.31 Å². The Labute approximate surface area is 208 Å². The van der Waals surface area contributed by atoms with Gasteiger partial charge in [0.05, 0.1) is 10.6 Å². The standard InChI is InChI=1S/C26H23N3O2S3/c1-3-28(32)24-7-5-4-6-22(24)23-16-29(34(30,31)20-10-8-18(2)9-11-20)26-25(23)21(12-14-27-26)19-13-15-33-17-19/h4-17,32H,3H2,1-2H3. The van der Waals surface area contributed by atoms with Crippen molar-refractivity contribution in [3.8, 4) is 22.3 Å². The number of para-hydroxylation sites is 1. The summed E-state index contributed by atoms with van der Waals surface area (Å²) in [6, 6.07) is 18.8. The predicted octanol–water partition coefficient (Wildman–Crippen LogP) is 6.65. The molecule has 0 saturated heterocycles. The first kappa shape index (κ1) is 22.7. The van der Waals surface area contributed by atoms with Gasteiger partial charge in [-0.15, -0.1) is 0 Å². The summed E-state index contributed by atoms with van der Waals surface area (Å²) in [6.45, 7) is 4.64. The van der Waals surface area contributed by atoms with E-state index in [2.05, 4.69) is 23.2 Å². The van der Waals surface area contributed by atoms with Crippen molar-refractivity contribution in [3.63, 3.8) is 0 Å². The van der Waals surface area contributed by atoms with Crippen molar-refractivity contribution in [2.45, 2.75) is 18.7 Å². The van der Waals surface area contributed by atoms with Gasteiger partial charge in [0.1, 0.15) is 0 Å². The van der Waals surface area contributed by atoms with Crippen molar-refractivity contribution >= 4 is 50.9 Å². The minimum Gasteiger partial charge on any atom is -0.318 e. The Hall–Kier alpha value is -3.07. The van der Waals surface area contributed by atoms with E-state index in [1.165, 1.54) is 3.97 Å². The highest BCUT2D eigenvalue weighted by molar-refractivity contribution is 7.90. The van der Waals surface area contributed by atoms with E-state index in [1.54, 1.807) is 48.0 Å². The molecule has 0 aliphatic heterocycles. The molecule has 0 bridgehead atoms. The van der Waals surface area contributed by atoms with Gasteiger partial charge in [0, 0.05) is 35.5 Å². The number of thiol groups is 1. The zero-order chi connectivity index (χ0) is 23.9. The van der Waals surface area contributed by atoms with Crippen molar-refractivity contribution in [2.75, 3.05) is 10.8 Å². The molecule has 172 valence electrons. The molecule has 34 heavy (non-hydrogen) atoms. The maximum Gasteiger partial charge on any atom is 0.269 e. The molecule has 8 heteroatoms. The van der Waals surface area contributed by atoms with Gasteiger partial charge < -0.3 is 4.31 Å². The number of aromatic nitrogens is 2. The Bertz CT molecular complexity index is 1570. The van der Waals surface area contributed by atoms with E-state index < -0.39 is 10.0 Å². The summed E-state index contributed by atoms with van der Waals surface area (Å²) < 4.78 is 30.7. The predicted molar refractivity (Wildman–Crippen MR) is 144 cm³/mol. The second-order valence-electron chi connectivity index (χ2n) is 7.96. The van der Waals surface area contributed by atoms with Crippen molar-refractivity contribution in [1.82, 2.24) is 8.96 Å². The molecule has 5 aromatic rings. The number of hydrogen-bond acceptors (Lipinski definition) is 6. The van der Waals surface area contributed by atoms with Crippen LogP contribution in [0.5, 0.6) is 0 Å². The second kappa shape index (κ2) is 8.94. The summed E-state index contributed by atoms with van der Waals surface area (Å²) in [5.74, 6) is 0. The van der Waals surface area contributed by atoms with E-state index in [0.717, 1.165) is 38.9 Å². The minimum atomic E-state index is -3.87. The Kier molecular flexibility index (Phi) is 5.97. The van der Waals surface area contributed by atoms with Crippen LogP contribution in [0.4, 0.5) is 5.69 Å². The average molecular weight is 506 g/mol. The van der Waals surface area contributed by atoms with E-state index in [9.17, 15) is 8.42 Å². The van der Waals surface area contributed by atoms with Crippen LogP contribution in [0.2, 0.25) is 0 Å². The maximum absolute atomic E-state index is 13.8. The number of rotatable bonds is 6. The van der Waals surface area contributed by atoms with Crippen LogP contribution in [0, 0.1) is 6.92 Å². The number of fused-ring (bicyclic) bond motifs is 1. The molecule has 0 atom stereocenters. The molecular formula is C26H23N3O2S3. The molecule has 0 fully saturated rings. The van der Waals surface area contributed by atoms with Crippen LogP contribution in [0.15, 0.2) is 88.7 Å². The molecule has 2 aromatic carbocycles. The number of anilines is 1. The molecule has 0 aliphatic carbocycles. The van der Waals surface area contributed by atoms with E-state index in [1.807, 2.05) is 59.9 Å². The first-order valence-corrected chi connectivity index (χ1v) is 13.6. The zero-order valence-corrected chi connectivity index (χ0v) is 21.2. The molecule has 3 aromatic heterocycles. The lowest BCUT2D eigenvalue weighted by Crippen LogP contribution is -2.12. The third-order valence-corrected chi connectivity index (χ3v) is 8.68. The van der Waals surface area contributed by atoms with Gasteiger partial charge in [-0.2, -0.15) is 11.3 Å². The number of nitrogens with zero attached hydrogens (tertiary/aromatic N) is 3. The van der Waals surface area contributed by atoms with Crippen LogP contribution in [-0.4, -0.2) is 23.9 Å². The van der Waals surface area contributed by atoms with Crippen LogP contribution in [0.3, 0.4) is 0 Å². The first-order valence-electron chi connectivity index (χ1n) is 10.8. The molecule has 5 rings (SSSR count). The summed E-state index contributed by atoms with van der Waals surface area (Å²) in [5.41, 5.74) is 5.96. The molecule has 0 N–H and O–H groups in total. The molecule has 0 spiro atoms. The lowest BCUT2D eigenvalue weighted by atomic mass is 9.98. The van der Waals surface area contributed by atoms with Gasteiger partial charge in [-0.25, -0.2) is 17.4 Å². The number of aryl methyl sites for hydroxylation is 1. The van der Waals surface area contributed by atoms with Crippen LogP contribution in [0.1, 0.15) is 12.5 Å². The van der Waals surface area contributed by atoms with Gasteiger partial charge in [0.15, 0.2) is 5.65 Å². The number of thiophene rings is 1. The topological polar surface area (TPSA) is 55.2 Å². The molecular weight excluding hydrogens is 483 g/mol.